The van der Waals surface area contributed by atoms with Crippen LogP contribution < -0.4 is 5.73 Å². The first-order valence-corrected chi connectivity index (χ1v) is 6.08. The van der Waals surface area contributed by atoms with Crippen LogP contribution >= 0.6 is 0 Å². The predicted octanol–water partition coefficient (Wildman–Crippen LogP) is 1.78. The zero-order valence-corrected chi connectivity index (χ0v) is 10.4. The smallest absolute Gasteiger partial charge is 0.255 e. The van der Waals surface area contributed by atoms with E-state index >= 15 is 0 Å². The number of nitrogens with two attached hydrogens (primary N) is 1. The van der Waals surface area contributed by atoms with Crippen LogP contribution in [-0.4, -0.2) is 28.9 Å². The number of likely N-dealkylation sites (tertiary alicyclic amines) is 1. The third kappa shape index (κ3) is 2.57. The molecule has 2 atom stereocenters. The zero-order chi connectivity index (χ0) is 12.4. The minimum Gasteiger partial charge on any atom is -0.384 e. The highest BCUT2D eigenvalue weighted by atomic mass is 16.2. The maximum atomic E-state index is 12.2. The highest BCUT2D eigenvalue weighted by molar-refractivity contribution is 5.94. The molecule has 1 aromatic heterocycles. The van der Waals surface area contributed by atoms with E-state index in [9.17, 15) is 4.79 Å². The van der Waals surface area contributed by atoms with Crippen LogP contribution in [0.1, 0.15) is 30.6 Å². The molecule has 4 nitrogen and oxygen atoms in total. The molecule has 0 spiro atoms. The molecule has 1 aliphatic rings. The summed E-state index contributed by atoms with van der Waals surface area (Å²) in [6.45, 7) is 6.13. The second-order valence-corrected chi connectivity index (χ2v) is 4.97. The molecule has 17 heavy (non-hydrogen) atoms. The summed E-state index contributed by atoms with van der Waals surface area (Å²) >= 11 is 0. The van der Waals surface area contributed by atoms with Crippen molar-refractivity contribution in [3.63, 3.8) is 0 Å². The van der Waals surface area contributed by atoms with Gasteiger partial charge in [0.1, 0.15) is 5.82 Å². The molecule has 0 bridgehead atoms. The molecule has 2 unspecified atom stereocenters. The molecular weight excluding hydrogens is 214 g/mol. The molecule has 1 aromatic rings. The van der Waals surface area contributed by atoms with Gasteiger partial charge in [-0.3, -0.25) is 4.79 Å². The van der Waals surface area contributed by atoms with Gasteiger partial charge >= 0.3 is 0 Å². The average Bonchev–Trinajstić information content (AvgIpc) is 2.33. The van der Waals surface area contributed by atoms with Gasteiger partial charge in [-0.15, -0.1) is 0 Å². The van der Waals surface area contributed by atoms with Gasteiger partial charge in [0.15, 0.2) is 0 Å². The molecule has 1 fully saturated rings. The summed E-state index contributed by atoms with van der Waals surface area (Å²) in [5.74, 6) is 1.77. The Morgan fingerprint density at radius 2 is 2.18 bits per heavy atom. The molecule has 0 aromatic carbocycles. The average molecular weight is 233 g/mol. The monoisotopic (exact) mass is 233 g/mol. The number of rotatable bonds is 1. The van der Waals surface area contributed by atoms with Gasteiger partial charge in [-0.2, -0.15) is 0 Å². The number of amides is 1. The summed E-state index contributed by atoms with van der Waals surface area (Å²) in [7, 11) is 0. The number of aromatic nitrogens is 1. The molecule has 2 N–H and O–H groups in total. The Kier molecular flexibility index (Phi) is 3.31. The Labute approximate surface area is 102 Å². The molecule has 2 heterocycles. The summed E-state index contributed by atoms with van der Waals surface area (Å²) in [5.41, 5.74) is 6.14. The number of carbonyl (C=O) groups excluding carboxylic acids is 1. The third-order valence-corrected chi connectivity index (χ3v) is 3.65. The van der Waals surface area contributed by atoms with Crippen molar-refractivity contribution >= 4 is 11.7 Å². The van der Waals surface area contributed by atoms with Crippen LogP contribution in [0.15, 0.2) is 18.3 Å². The quantitative estimate of drug-likeness (QED) is 0.804. The first-order valence-electron chi connectivity index (χ1n) is 6.08. The number of piperidine rings is 1. The van der Waals surface area contributed by atoms with Gasteiger partial charge in [0.25, 0.3) is 5.91 Å². The lowest BCUT2D eigenvalue weighted by Gasteiger charge is -2.35. The Morgan fingerprint density at radius 1 is 1.41 bits per heavy atom. The van der Waals surface area contributed by atoms with Crippen LogP contribution in [0.25, 0.3) is 0 Å². The minimum absolute atomic E-state index is 0.0660. The van der Waals surface area contributed by atoms with Gasteiger partial charge in [0.2, 0.25) is 0 Å². The van der Waals surface area contributed by atoms with Gasteiger partial charge in [-0.25, -0.2) is 4.98 Å². The van der Waals surface area contributed by atoms with Crippen LogP contribution in [0.5, 0.6) is 0 Å². The predicted molar refractivity (Wildman–Crippen MR) is 67.5 cm³/mol. The van der Waals surface area contributed by atoms with E-state index in [-0.39, 0.29) is 5.91 Å². The summed E-state index contributed by atoms with van der Waals surface area (Å²) in [6, 6.07) is 3.41. The molecule has 4 heteroatoms. The van der Waals surface area contributed by atoms with E-state index in [0.29, 0.717) is 23.2 Å². The van der Waals surface area contributed by atoms with E-state index in [0.717, 1.165) is 19.5 Å². The van der Waals surface area contributed by atoms with Crippen molar-refractivity contribution in [1.82, 2.24) is 9.88 Å². The molecule has 0 saturated carbocycles. The van der Waals surface area contributed by atoms with Crippen LogP contribution in [-0.2, 0) is 0 Å². The van der Waals surface area contributed by atoms with Gasteiger partial charge < -0.3 is 10.6 Å². The number of anilines is 1. The molecule has 1 amide bonds. The van der Waals surface area contributed by atoms with Gasteiger partial charge in [0, 0.05) is 19.3 Å². The van der Waals surface area contributed by atoms with E-state index in [4.69, 9.17) is 5.73 Å². The molecule has 92 valence electrons. The third-order valence-electron chi connectivity index (χ3n) is 3.65. The van der Waals surface area contributed by atoms with Crippen molar-refractivity contribution in [3.8, 4) is 0 Å². The van der Waals surface area contributed by atoms with Crippen molar-refractivity contribution in [3.05, 3.63) is 23.9 Å². The lowest BCUT2D eigenvalue weighted by Crippen LogP contribution is -2.42. The summed E-state index contributed by atoms with van der Waals surface area (Å²) in [6.07, 6.45) is 2.63. The number of hydrogen-bond acceptors (Lipinski definition) is 3. The Hall–Kier alpha value is -1.58. The lowest BCUT2D eigenvalue weighted by atomic mass is 9.88. The summed E-state index contributed by atoms with van der Waals surface area (Å²) in [4.78, 5) is 18.1. The number of pyridine rings is 1. The van der Waals surface area contributed by atoms with E-state index in [1.165, 1.54) is 0 Å². The van der Waals surface area contributed by atoms with Gasteiger partial charge in [-0.05, 0) is 30.4 Å². The molecular formula is C13H19N3O. The van der Waals surface area contributed by atoms with Gasteiger partial charge in [0.05, 0.1) is 5.56 Å². The topological polar surface area (TPSA) is 59.2 Å². The number of hydrogen-bond donors (Lipinski definition) is 1. The number of nitrogen functional groups attached to an aromatic ring is 1. The van der Waals surface area contributed by atoms with Crippen molar-refractivity contribution < 1.29 is 4.79 Å². The second kappa shape index (κ2) is 4.73. The molecule has 2 rings (SSSR count). The molecule has 1 saturated heterocycles. The second-order valence-electron chi connectivity index (χ2n) is 4.97. The molecule has 1 aliphatic heterocycles. The normalized spacial score (nSPS) is 24.7. The highest BCUT2D eigenvalue weighted by Gasteiger charge is 2.26. The van der Waals surface area contributed by atoms with E-state index in [1.54, 1.807) is 18.3 Å². The standard InChI is InChI=1S/C13H19N3O/c1-9-5-6-16(8-10(9)2)13(17)11-3-4-12(14)15-7-11/h3-4,7,9-10H,5-6,8H2,1-2H3,(H2,14,15). The largest absolute Gasteiger partial charge is 0.384 e. The maximum absolute atomic E-state index is 12.2. The summed E-state index contributed by atoms with van der Waals surface area (Å²) < 4.78 is 0. The zero-order valence-electron chi connectivity index (χ0n) is 10.4. The van der Waals surface area contributed by atoms with Crippen LogP contribution in [0.4, 0.5) is 5.82 Å². The number of nitrogens with zero attached hydrogens (tertiary/aromatic N) is 2. The van der Waals surface area contributed by atoms with Crippen molar-refractivity contribution in [1.29, 1.82) is 0 Å². The van der Waals surface area contributed by atoms with Crippen LogP contribution in [0, 0.1) is 11.8 Å². The van der Waals surface area contributed by atoms with Crippen molar-refractivity contribution in [2.24, 2.45) is 11.8 Å². The van der Waals surface area contributed by atoms with E-state index < -0.39 is 0 Å². The summed E-state index contributed by atoms with van der Waals surface area (Å²) in [5, 5.41) is 0. The molecule has 0 aliphatic carbocycles. The van der Waals surface area contributed by atoms with Crippen molar-refractivity contribution in [2.45, 2.75) is 20.3 Å². The molecule has 0 radical (unpaired) electrons. The Balaban J connectivity index is 2.08. The fourth-order valence-corrected chi connectivity index (χ4v) is 2.16. The number of carbonyl (C=O) groups is 1. The van der Waals surface area contributed by atoms with E-state index in [2.05, 4.69) is 18.8 Å². The lowest BCUT2D eigenvalue weighted by molar-refractivity contribution is 0.0627. The fraction of sp³-hybridized carbons (Fsp3) is 0.538. The SMILES string of the molecule is CC1CCN(C(=O)c2ccc(N)nc2)CC1C. The first kappa shape index (κ1) is 11.9. The van der Waals surface area contributed by atoms with Crippen LogP contribution in [0.3, 0.4) is 0 Å². The minimum atomic E-state index is 0.0660. The fourth-order valence-electron chi connectivity index (χ4n) is 2.16. The maximum Gasteiger partial charge on any atom is 0.255 e. The Bertz CT molecular complexity index is 402. The highest BCUT2D eigenvalue weighted by Crippen LogP contribution is 2.23. The van der Waals surface area contributed by atoms with Gasteiger partial charge in [-0.1, -0.05) is 13.8 Å². The Morgan fingerprint density at radius 3 is 2.76 bits per heavy atom. The van der Waals surface area contributed by atoms with Crippen LogP contribution in [0.2, 0.25) is 0 Å². The first-order chi connectivity index (χ1) is 8.08. The van der Waals surface area contributed by atoms with Crippen molar-refractivity contribution in [2.75, 3.05) is 18.8 Å². The van der Waals surface area contributed by atoms with E-state index in [1.807, 2.05) is 4.90 Å².